The first-order valence-corrected chi connectivity index (χ1v) is 9.99. The van der Waals surface area contributed by atoms with Gasteiger partial charge in [0.1, 0.15) is 0 Å². The van der Waals surface area contributed by atoms with Gasteiger partial charge in [0.15, 0.2) is 5.65 Å². The number of carbonyl (C=O) groups is 1. The maximum absolute atomic E-state index is 13.3. The number of pyridine rings is 1. The quantitative estimate of drug-likeness (QED) is 0.872. The first-order chi connectivity index (χ1) is 12.5. The molecule has 0 spiro atoms. The third-order valence-electron chi connectivity index (χ3n) is 5.75. The predicted octanol–water partition coefficient (Wildman–Crippen LogP) is 3.19. The van der Waals surface area contributed by atoms with Gasteiger partial charge in [-0.3, -0.25) is 9.48 Å². The van der Waals surface area contributed by atoms with Crippen LogP contribution in [0.2, 0.25) is 0 Å². The molecule has 1 saturated carbocycles. The molecule has 1 aliphatic heterocycles. The smallest absolute Gasteiger partial charge is 0.252 e. The number of fused-ring (bicyclic) bond motifs is 1. The molecule has 6 heteroatoms. The summed E-state index contributed by atoms with van der Waals surface area (Å²) in [6.45, 7) is 10.8. The lowest BCUT2D eigenvalue weighted by Crippen LogP contribution is -2.62. The molecule has 4 rings (SSSR count). The summed E-state index contributed by atoms with van der Waals surface area (Å²) in [5, 5.41) is 12.4. The molecule has 146 valence electrons. The molecule has 0 atom stereocenters. The topological polar surface area (TPSA) is 71.8 Å². The van der Waals surface area contributed by atoms with Crippen LogP contribution in [0, 0.1) is 6.92 Å². The number of rotatable bonds is 3. The van der Waals surface area contributed by atoms with Crippen LogP contribution in [0.15, 0.2) is 6.07 Å². The van der Waals surface area contributed by atoms with E-state index in [0.717, 1.165) is 53.7 Å². The Bertz CT molecular complexity index is 891. The summed E-state index contributed by atoms with van der Waals surface area (Å²) in [5.74, 6) is 0.492. The second kappa shape index (κ2) is 6.03. The van der Waals surface area contributed by atoms with Crippen LogP contribution in [0.1, 0.15) is 81.0 Å². The molecule has 0 aromatic carbocycles. The Morgan fingerprint density at radius 2 is 1.85 bits per heavy atom. The Kier molecular flexibility index (Phi) is 4.11. The van der Waals surface area contributed by atoms with Crippen LogP contribution in [-0.2, 0) is 7.05 Å². The van der Waals surface area contributed by atoms with Crippen molar-refractivity contribution >= 4 is 16.9 Å². The highest BCUT2D eigenvalue weighted by Gasteiger charge is 2.38. The molecule has 6 nitrogen and oxygen atoms in total. The highest BCUT2D eigenvalue weighted by atomic mass is 16.1. The van der Waals surface area contributed by atoms with E-state index >= 15 is 0 Å². The van der Waals surface area contributed by atoms with E-state index in [0.29, 0.717) is 5.92 Å². The van der Waals surface area contributed by atoms with Gasteiger partial charge in [0.05, 0.1) is 16.6 Å². The van der Waals surface area contributed by atoms with Gasteiger partial charge >= 0.3 is 0 Å². The first kappa shape index (κ1) is 18.4. The van der Waals surface area contributed by atoms with Gasteiger partial charge in [-0.25, -0.2) is 4.98 Å². The van der Waals surface area contributed by atoms with Gasteiger partial charge in [0, 0.05) is 35.8 Å². The molecular formula is C21H31N5O. The van der Waals surface area contributed by atoms with E-state index in [1.807, 2.05) is 20.0 Å². The fraction of sp³-hybridized carbons (Fsp3) is 0.667. The molecule has 1 amide bonds. The van der Waals surface area contributed by atoms with Crippen LogP contribution in [0.4, 0.5) is 0 Å². The molecule has 1 saturated heterocycles. The van der Waals surface area contributed by atoms with Gasteiger partial charge in [0.2, 0.25) is 0 Å². The van der Waals surface area contributed by atoms with Crippen molar-refractivity contribution in [1.29, 1.82) is 0 Å². The minimum absolute atomic E-state index is 0.00102. The van der Waals surface area contributed by atoms with Crippen molar-refractivity contribution in [2.45, 2.75) is 83.3 Å². The minimum Gasteiger partial charge on any atom is -0.349 e. The van der Waals surface area contributed by atoms with Crippen LogP contribution < -0.4 is 10.6 Å². The number of nitrogens with one attached hydrogen (secondary N) is 2. The second-order valence-electron chi connectivity index (χ2n) is 9.75. The molecule has 2 aliphatic rings. The highest BCUT2D eigenvalue weighted by molar-refractivity contribution is 6.06. The fourth-order valence-corrected chi connectivity index (χ4v) is 4.92. The summed E-state index contributed by atoms with van der Waals surface area (Å²) in [6, 6.07) is 2.15. The van der Waals surface area contributed by atoms with E-state index in [2.05, 4.69) is 43.4 Å². The van der Waals surface area contributed by atoms with Gasteiger partial charge in [-0.05, 0) is 66.4 Å². The number of hydrogen-bond donors (Lipinski definition) is 2. The van der Waals surface area contributed by atoms with E-state index in [-0.39, 0.29) is 23.0 Å². The van der Waals surface area contributed by atoms with Crippen LogP contribution >= 0.6 is 0 Å². The molecule has 0 bridgehead atoms. The lowest BCUT2D eigenvalue weighted by molar-refractivity contribution is 0.0874. The largest absolute Gasteiger partial charge is 0.349 e. The molecule has 2 fully saturated rings. The zero-order valence-corrected chi connectivity index (χ0v) is 17.3. The Labute approximate surface area is 161 Å². The molecule has 3 heterocycles. The van der Waals surface area contributed by atoms with E-state index < -0.39 is 0 Å². The number of carbonyl (C=O) groups excluding carboxylic acids is 1. The lowest BCUT2D eigenvalue weighted by atomic mass is 9.79. The Hall–Kier alpha value is -1.95. The van der Waals surface area contributed by atoms with Gasteiger partial charge < -0.3 is 10.6 Å². The van der Waals surface area contributed by atoms with Gasteiger partial charge in [0.25, 0.3) is 5.91 Å². The average Bonchev–Trinajstić information content (AvgIpc) is 3.31. The van der Waals surface area contributed by atoms with E-state index in [1.165, 1.54) is 0 Å². The number of hydrogen-bond acceptors (Lipinski definition) is 4. The Morgan fingerprint density at radius 3 is 2.44 bits per heavy atom. The minimum atomic E-state index is -0.00332. The molecule has 0 unspecified atom stereocenters. The number of piperidine rings is 1. The summed E-state index contributed by atoms with van der Waals surface area (Å²) in [5.41, 5.74) is 3.42. The van der Waals surface area contributed by atoms with Crippen molar-refractivity contribution in [3.63, 3.8) is 0 Å². The molecule has 0 radical (unpaired) electrons. The molecular weight excluding hydrogens is 338 g/mol. The Balaban J connectivity index is 1.68. The van der Waals surface area contributed by atoms with Gasteiger partial charge in [-0.15, -0.1) is 0 Å². The molecule has 2 aromatic heterocycles. The zero-order valence-electron chi connectivity index (χ0n) is 17.3. The van der Waals surface area contributed by atoms with E-state index in [1.54, 1.807) is 4.68 Å². The summed E-state index contributed by atoms with van der Waals surface area (Å²) in [7, 11) is 1.90. The second-order valence-corrected chi connectivity index (χ2v) is 9.75. The lowest BCUT2D eigenvalue weighted by Gasteiger charge is -2.46. The summed E-state index contributed by atoms with van der Waals surface area (Å²) in [4.78, 5) is 18.1. The standard InChI is InChI=1S/C21H31N5O/c1-12-17-15(9-16(13-7-8-13)23-18(17)26(6)24-12)19(27)22-14-10-20(2,3)25-21(4,5)11-14/h9,13-14,25H,7-8,10-11H2,1-6H3,(H,22,27). The normalized spacial score (nSPS) is 22.1. The van der Waals surface area contributed by atoms with Gasteiger partial charge in [-0.1, -0.05) is 0 Å². The molecule has 2 N–H and O–H groups in total. The van der Waals surface area contributed by atoms with Crippen molar-refractivity contribution < 1.29 is 4.79 Å². The van der Waals surface area contributed by atoms with Crippen LogP contribution in [0.3, 0.4) is 0 Å². The zero-order chi connectivity index (χ0) is 19.6. The predicted molar refractivity (Wildman–Crippen MR) is 107 cm³/mol. The van der Waals surface area contributed by atoms with Crippen molar-refractivity contribution in [3.8, 4) is 0 Å². The first-order valence-electron chi connectivity index (χ1n) is 9.99. The fourth-order valence-electron chi connectivity index (χ4n) is 4.92. The van der Waals surface area contributed by atoms with Crippen LogP contribution in [0.5, 0.6) is 0 Å². The van der Waals surface area contributed by atoms with E-state index in [4.69, 9.17) is 4.98 Å². The number of amides is 1. The molecule has 1 aliphatic carbocycles. The monoisotopic (exact) mass is 369 g/mol. The molecule has 2 aromatic rings. The third kappa shape index (κ3) is 3.59. The summed E-state index contributed by atoms with van der Waals surface area (Å²) in [6.07, 6.45) is 4.15. The van der Waals surface area contributed by atoms with Crippen molar-refractivity contribution in [2.75, 3.05) is 0 Å². The maximum atomic E-state index is 13.3. The van der Waals surface area contributed by atoms with Crippen molar-refractivity contribution in [1.82, 2.24) is 25.4 Å². The average molecular weight is 370 g/mol. The summed E-state index contributed by atoms with van der Waals surface area (Å²) >= 11 is 0. The number of aryl methyl sites for hydroxylation is 2. The van der Waals surface area contributed by atoms with Crippen molar-refractivity contribution in [2.24, 2.45) is 7.05 Å². The van der Waals surface area contributed by atoms with Crippen molar-refractivity contribution in [3.05, 3.63) is 23.0 Å². The highest BCUT2D eigenvalue weighted by Crippen LogP contribution is 2.40. The number of aromatic nitrogens is 3. The molecule has 27 heavy (non-hydrogen) atoms. The van der Waals surface area contributed by atoms with E-state index in [9.17, 15) is 4.79 Å². The SMILES string of the molecule is Cc1nn(C)c2nc(C3CC3)cc(C(=O)NC3CC(C)(C)NC(C)(C)C3)c12. The summed E-state index contributed by atoms with van der Waals surface area (Å²) < 4.78 is 1.80. The maximum Gasteiger partial charge on any atom is 0.252 e. The van der Waals surface area contributed by atoms with Gasteiger partial charge in [-0.2, -0.15) is 5.10 Å². The van der Waals surface area contributed by atoms with Crippen LogP contribution in [0.25, 0.3) is 11.0 Å². The van der Waals surface area contributed by atoms with Crippen LogP contribution in [-0.4, -0.2) is 37.8 Å². The third-order valence-corrected chi connectivity index (χ3v) is 5.75. The number of nitrogens with zero attached hydrogens (tertiary/aromatic N) is 3. The Morgan fingerprint density at radius 1 is 1.22 bits per heavy atom.